The average molecular weight is 426 g/mol. The quantitative estimate of drug-likeness (QED) is 0.513. The van der Waals surface area contributed by atoms with Crippen LogP contribution < -0.4 is 11.1 Å². The number of carbonyl (C=O) groups is 1. The molecule has 3 heterocycles. The van der Waals surface area contributed by atoms with Crippen LogP contribution >= 0.6 is 15.9 Å². The average Bonchev–Trinajstić information content (AvgIpc) is 3.22. The van der Waals surface area contributed by atoms with Crippen LogP contribution in [0.15, 0.2) is 33.4 Å². The summed E-state index contributed by atoms with van der Waals surface area (Å²) in [6.07, 6.45) is 0. The zero-order valence-corrected chi connectivity index (χ0v) is 16.0. The lowest BCUT2D eigenvalue weighted by Gasteiger charge is -1.99. The molecule has 0 spiro atoms. The van der Waals surface area contributed by atoms with Gasteiger partial charge >= 0.3 is 5.97 Å². The van der Waals surface area contributed by atoms with Crippen molar-refractivity contribution < 1.29 is 19.1 Å². The van der Waals surface area contributed by atoms with Crippen molar-refractivity contribution >= 4 is 33.4 Å². The summed E-state index contributed by atoms with van der Waals surface area (Å²) in [5, 5.41) is 16.3. The van der Waals surface area contributed by atoms with Gasteiger partial charge in [0.05, 0.1) is 12.2 Å². The SMILES string of the molecule is CCNCCOC.Nc1cc(C(=O)O)cc2nc(-c3ccc(Br)o3)nn12. The Morgan fingerprint density at radius 2 is 2.23 bits per heavy atom. The predicted octanol–water partition coefficient (Wildman–Crippen LogP) is 2.27. The smallest absolute Gasteiger partial charge is 0.335 e. The number of ether oxygens (including phenoxy) is 1. The van der Waals surface area contributed by atoms with Gasteiger partial charge in [-0.2, -0.15) is 4.52 Å². The fraction of sp³-hybridized carbons (Fsp3) is 0.312. The lowest BCUT2D eigenvalue weighted by Crippen LogP contribution is -2.17. The van der Waals surface area contributed by atoms with Gasteiger partial charge in [-0.1, -0.05) is 6.92 Å². The van der Waals surface area contributed by atoms with Gasteiger partial charge in [-0.25, -0.2) is 9.78 Å². The number of anilines is 1. The van der Waals surface area contributed by atoms with Crippen LogP contribution in [0, 0.1) is 0 Å². The Morgan fingerprint density at radius 1 is 1.46 bits per heavy atom. The van der Waals surface area contributed by atoms with E-state index >= 15 is 0 Å². The first kappa shape index (κ1) is 19.9. The number of nitrogens with two attached hydrogens (primary N) is 1. The molecule has 0 aliphatic rings. The number of pyridine rings is 1. The molecular weight excluding hydrogens is 406 g/mol. The second-order valence-electron chi connectivity index (χ2n) is 5.13. The second kappa shape index (κ2) is 9.32. The molecule has 0 saturated carbocycles. The van der Waals surface area contributed by atoms with Gasteiger partial charge in [0.25, 0.3) is 0 Å². The highest BCUT2D eigenvalue weighted by atomic mass is 79.9. The topological polar surface area (TPSA) is 128 Å². The number of aromatic carboxylic acids is 1. The molecular formula is C16H20BrN5O4. The number of rotatable bonds is 6. The molecule has 0 unspecified atom stereocenters. The lowest BCUT2D eigenvalue weighted by atomic mass is 10.2. The molecule has 140 valence electrons. The molecule has 10 heteroatoms. The van der Waals surface area contributed by atoms with E-state index in [9.17, 15) is 4.79 Å². The Hall–Kier alpha value is -2.43. The van der Waals surface area contributed by atoms with Crippen molar-refractivity contribution in [2.24, 2.45) is 0 Å². The predicted molar refractivity (Wildman–Crippen MR) is 100 cm³/mol. The van der Waals surface area contributed by atoms with Crippen LogP contribution in [0.2, 0.25) is 0 Å². The van der Waals surface area contributed by atoms with Crippen LogP contribution in [0.3, 0.4) is 0 Å². The van der Waals surface area contributed by atoms with Crippen LogP contribution in [0.1, 0.15) is 17.3 Å². The van der Waals surface area contributed by atoms with Crippen molar-refractivity contribution in [3.63, 3.8) is 0 Å². The molecule has 3 aromatic rings. The Balaban J connectivity index is 0.000000298. The van der Waals surface area contributed by atoms with Crippen LogP contribution in [0.4, 0.5) is 5.82 Å². The number of likely N-dealkylation sites (N-methyl/N-ethyl adjacent to an activating group) is 1. The van der Waals surface area contributed by atoms with Crippen molar-refractivity contribution in [1.82, 2.24) is 19.9 Å². The van der Waals surface area contributed by atoms with E-state index in [1.54, 1.807) is 19.2 Å². The van der Waals surface area contributed by atoms with E-state index < -0.39 is 5.97 Å². The van der Waals surface area contributed by atoms with E-state index in [0.29, 0.717) is 21.9 Å². The Kier molecular flexibility index (Phi) is 7.13. The molecule has 0 aliphatic carbocycles. The summed E-state index contributed by atoms with van der Waals surface area (Å²) in [5.74, 6) is -0.0782. The summed E-state index contributed by atoms with van der Waals surface area (Å²) in [4.78, 5) is 15.1. The molecule has 9 nitrogen and oxygen atoms in total. The first-order valence-corrected chi connectivity index (χ1v) is 8.60. The Bertz CT molecular complexity index is 873. The molecule has 26 heavy (non-hydrogen) atoms. The largest absolute Gasteiger partial charge is 0.478 e. The zero-order chi connectivity index (χ0) is 19.1. The number of hydrogen-bond acceptors (Lipinski definition) is 7. The molecule has 0 aromatic carbocycles. The summed E-state index contributed by atoms with van der Waals surface area (Å²) in [6.45, 7) is 4.89. The number of fused-ring (bicyclic) bond motifs is 1. The van der Waals surface area contributed by atoms with Gasteiger partial charge in [0, 0.05) is 13.7 Å². The van der Waals surface area contributed by atoms with Crippen molar-refractivity contribution in [3.05, 3.63) is 34.5 Å². The summed E-state index contributed by atoms with van der Waals surface area (Å²) in [6, 6.07) is 6.14. The minimum Gasteiger partial charge on any atom is -0.478 e. The van der Waals surface area contributed by atoms with Gasteiger partial charge in [-0.3, -0.25) is 0 Å². The minimum atomic E-state index is -1.07. The van der Waals surface area contributed by atoms with E-state index in [4.69, 9.17) is 20.0 Å². The third-order valence-corrected chi connectivity index (χ3v) is 3.66. The van der Waals surface area contributed by atoms with Gasteiger partial charge < -0.3 is 25.3 Å². The van der Waals surface area contributed by atoms with E-state index in [1.165, 1.54) is 16.6 Å². The number of carboxylic acid groups (broad SMARTS) is 1. The van der Waals surface area contributed by atoms with Crippen molar-refractivity contribution in [2.45, 2.75) is 6.92 Å². The van der Waals surface area contributed by atoms with Crippen LogP contribution in [0.5, 0.6) is 0 Å². The van der Waals surface area contributed by atoms with E-state index in [0.717, 1.165) is 19.7 Å². The standard InChI is InChI=1S/C11H7BrN4O3.C5H13NO/c12-7-2-1-6(19-7)10-14-9-4-5(11(17)18)3-8(13)16(9)15-10;1-3-6-4-5-7-2/h1-4H,13H2,(H,17,18);6H,3-5H2,1-2H3. The minimum absolute atomic E-state index is 0.0598. The lowest BCUT2D eigenvalue weighted by molar-refractivity contribution is 0.0697. The molecule has 0 saturated heterocycles. The highest BCUT2D eigenvalue weighted by Crippen LogP contribution is 2.23. The number of nitrogen functional groups attached to an aromatic ring is 1. The summed E-state index contributed by atoms with van der Waals surface area (Å²) < 4.78 is 12.0. The number of halogens is 1. The zero-order valence-electron chi connectivity index (χ0n) is 14.4. The first-order valence-electron chi connectivity index (χ1n) is 7.81. The highest BCUT2D eigenvalue weighted by molar-refractivity contribution is 9.10. The monoisotopic (exact) mass is 425 g/mol. The fourth-order valence-corrected chi connectivity index (χ4v) is 2.33. The van der Waals surface area contributed by atoms with Gasteiger partial charge in [-0.15, -0.1) is 5.10 Å². The van der Waals surface area contributed by atoms with Crippen LogP contribution in [-0.2, 0) is 4.74 Å². The summed E-state index contributed by atoms with van der Waals surface area (Å²) in [7, 11) is 1.71. The molecule has 3 aromatic heterocycles. The number of furan rings is 1. The molecule has 0 amide bonds. The normalized spacial score (nSPS) is 10.6. The molecule has 0 bridgehead atoms. The van der Waals surface area contributed by atoms with Crippen LogP contribution in [-0.4, -0.2) is 52.5 Å². The number of nitrogens with one attached hydrogen (secondary N) is 1. The fourth-order valence-electron chi connectivity index (χ4n) is 2.02. The Morgan fingerprint density at radius 3 is 2.81 bits per heavy atom. The number of methoxy groups -OCH3 is 1. The third-order valence-electron chi connectivity index (χ3n) is 3.24. The van der Waals surface area contributed by atoms with Crippen molar-refractivity contribution in [2.75, 3.05) is 32.5 Å². The van der Waals surface area contributed by atoms with Gasteiger partial charge in [0.15, 0.2) is 16.1 Å². The Labute approximate surface area is 158 Å². The van der Waals surface area contributed by atoms with Gasteiger partial charge in [0.1, 0.15) is 5.82 Å². The molecule has 0 radical (unpaired) electrons. The van der Waals surface area contributed by atoms with E-state index in [2.05, 4.69) is 38.3 Å². The number of aromatic nitrogens is 3. The van der Waals surface area contributed by atoms with Crippen molar-refractivity contribution in [1.29, 1.82) is 0 Å². The maximum absolute atomic E-state index is 10.9. The van der Waals surface area contributed by atoms with Gasteiger partial charge in [-0.05, 0) is 46.7 Å². The molecule has 3 rings (SSSR count). The summed E-state index contributed by atoms with van der Waals surface area (Å²) in [5.41, 5.74) is 6.16. The van der Waals surface area contributed by atoms with Crippen LogP contribution in [0.25, 0.3) is 17.2 Å². The first-order chi connectivity index (χ1) is 12.5. The second-order valence-corrected chi connectivity index (χ2v) is 5.91. The number of carboxylic acids is 1. The third kappa shape index (κ3) is 5.04. The number of nitrogens with zero attached hydrogens (tertiary/aromatic N) is 3. The van der Waals surface area contributed by atoms with E-state index in [1.807, 2.05) is 0 Å². The van der Waals surface area contributed by atoms with E-state index in [-0.39, 0.29) is 11.4 Å². The molecule has 4 N–H and O–H groups in total. The van der Waals surface area contributed by atoms with Gasteiger partial charge in [0.2, 0.25) is 5.82 Å². The highest BCUT2D eigenvalue weighted by Gasteiger charge is 2.14. The molecule has 0 aliphatic heterocycles. The maximum Gasteiger partial charge on any atom is 0.335 e. The summed E-state index contributed by atoms with van der Waals surface area (Å²) >= 11 is 3.19. The maximum atomic E-state index is 10.9. The number of hydrogen-bond donors (Lipinski definition) is 3. The molecule has 0 fully saturated rings. The van der Waals surface area contributed by atoms with Crippen molar-refractivity contribution in [3.8, 4) is 11.6 Å². The molecule has 0 atom stereocenters.